The maximum Gasteiger partial charge on any atom is 0.326 e. The third-order valence-electron chi connectivity index (χ3n) is 6.29. The highest BCUT2D eigenvalue weighted by atomic mass is 16.4. The number of aliphatic carboxylic acids is 1. The number of hydrogen-bond acceptors (Lipinski definition) is 7. The van der Waals surface area contributed by atoms with Crippen LogP contribution in [0, 0.1) is 5.92 Å². The second-order valence-electron chi connectivity index (χ2n) is 9.96. The van der Waals surface area contributed by atoms with Crippen LogP contribution in [0.3, 0.4) is 0 Å². The summed E-state index contributed by atoms with van der Waals surface area (Å²) in [5, 5.41) is 30.3. The molecule has 11 nitrogen and oxygen atoms in total. The van der Waals surface area contributed by atoms with Gasteiger partial charge in [0.1, 0.15) is 23.9 Å². The Labute approximate surface area is 217 Å². The van der Waals surface area contributed by atoms with Crippen molar-refractivity contribution in [1.82, 2.24) is 21.3 Å². The van der Waals surface area contributed by atoms with Crippen LogP contribution in [0.15, 0.2) is 24.3 Å². The van der Waals surface area contributed by atoms with Crippen LogP contribution in [0.2, 0.25) is 0 Å². The summed E-state index contributed by atoms with van der Waals surface area (Å²) in [5.74, 6) is -2.49. The molecule has 1 aromatic carbocycles. The summed E-state index contributed by atoms with van der Waals surface area (Å²) in [5.41, 5.74) is 6.21. The van der Waals surface area contributed by atoms with Gasteiger partial charge in [-0.25, -0.2) is 4.79 Å². The molecule has 0 bridgehead atoms. The monoisotopic (exact) mass is 519 g/mol. The van der Waals surface area contributed by atoms with Gasteiger partial charge < -0.3 is 37.2 Å². The third-order valence-corrected chi connectivity index (χ3v) is 6.29. The summed E-state index contributed by atoms with van der Waals surface area (Å²) in [6.45, 7) is 4.99. The highest BCUT2D eigenvalue weighted by Crippen LogP contribution is 2.13. The van der Waals surface area contributed by atoms with E-state index >= 15 is 0 Å². The average Bonchev–Trinajstić information content (AvgIpc) is 3.38. The van der Waals surface area contributed by atoms with E-state index in [0.717, 1.165) is 13.0 Å². The number of hydrogen-bond donors (Lipinski definition) is 7. The molecule has 0 saturated carbocycles. The van der Waals surface area contributed by atoms with Gasteiger partial charge >= 0.3 is 5.97 Å². The van der Waals surface area contributed by atoms with Crippen LogP contribution in [0.1, 0.15) is 57.9 Å². The van der Waals surface area contributed by atoms with Crippen LogP contribution in [0.4, 0.5) is 0 Å². The van der Waals surface area contributed by atoms with Gasteiger partial charge in [-0.2, -0.15) is 0 Å². The van der Waals surface area contributed by atoms with E-state index in [1.54, 1.807) is 12.1 Å². The SMILES string of the molecule is CC(C)CC(NC(=O)C(CCCCN)NC(=O)C1CCCN1)C(=O)NC(Cc1ccc(O)cc1)C(=O)O. The molecule has 4 atom stereocenters. The fourth-order valence-corrected chi connectivity index (χ4v) is 4.26. The second-order valence-corrected chi connectivity index (χ2v) is 9.96. The van der Waals surface area contributed by atoms with E-state index in [1.807, 2.05) is 13.8 Å². The molecule has 0 aromatic heterocycles. The molecular weight excluding hydrogens is 478 g/mol. The zero-order valence-electron chi connectivity index (χ0n) is 21.7. The third kappa shape index (κ3) is 10.4. The molecule has 0 radical (unpaired) electrons. The smallest absolute Gasteiger partial charge is 0.326 e. The minimum Gasteiger partial charge on any atom is -0.508 e. The first kappa shape index (κ1) is 30.0. The maximum absolute atomic E-state index is 13.2. The zero-order chi connectivity index (χ0) is 27.4. The molecular formula is C26H41N5O6. The molecule has 206 valence electrons. The number of aromatic hydroxyl groups is 1. The van der Waals surface area contributed by atoms with E-state index in [9.17, 15) is 29.4 Å². The van der Waals surface area contributed by atoms with Gasteiger partial charge in [0.15, 0.2) is 0 Å². The highest BCUT2D eigenvalue weighted by molar-refractivity contribution is 5.94. The predicted octanol–water partition coefficient (Wildman–Crippen LogP) is 0.401. The molecule has 1 fully saturated rings. The fraction of sp³-hybridized carbons (Fsp3) is 0.615. The first-order chi connectivity index (χ1) is 17.6. The van der Waals surface area contributed by atoms with Gasteiger partial charge in [0.2, 0.25) is 17.7 Å². The number of carboxylic acids is 1. The Bertz CT molecular complexity index is 901. The van der Waals surface area contributed by atoms with Crippen molar-refractivity contribution in [2.45, 2.75) is 83.0 Å². The number of rotatable bonds is 15. The molecule has 0 aliphatic carbocycles. The Hall–Kier alpha value is -3.18. The van der Waals surface area contributed by atoms with Crippen molar-refractivity contribution in [3.8, 4) is 5.75 Å². The minimum absolute atomic E-state index is 0.00978. The number of carbonyl (C=O) groups excluding carboxylic acids is 3. The summed E-state index contributed by atoms with van der Waals surface area (Å²) < 4.78 is 0. The van der Waals surface area contributed by atoms with Gasteiger partial charge in [0.05, 0.1) is 6.04 Å². The van der Waals surface area contributed by atoms with E-state index in [4.69, 9.17) is 5.73 Å². The average molecular weight is 520 g/mol. The summed E-state index contributed by atoms with van der Waals surface area (Å²) in [7, 11) is 0. The largest absolute Gasteiger partial charge is 0.508 e. The van der Waals surface area contributed by atoms with E-state index in [-0.39, 0.29) is 36.5 Å². The number of benzene rings is 1. The fourth-order valence-electron chi connectivity index (χ4n) is 4.26. The number of carbonyl (C=O) groups is 4. The lowest BCUT2D eigenvalue weighted by Gasteiger charge is -2.26. The van der Waals surface area contributed by atoms with Crippen LogP contribution >= 0.6 is 0 Å². The van der Waals surface area contributed by atoms with Gasteiger partial charge in [0.25, 0.3) is 0 Å². The van der Waals surface area contributed by atoms with Crippen LogP contribution < -0.4 is 27.0 Å². The van der Waals surface area contributed by atoms with Crippen LogP contribution in [0.5, 0.6) is 5.75 Å². The lowest BCUT2D eigenvalue weighted by atomic mass is 10.00. The standard InChI is InChI=1S/C26H41N5O6/c1-16(2)14-21(25(35)31-22(26(36)37)15-17-8-10-18(32)11-9-17)30-24(34)20(6-3-4-12-27)29-23(33)19-7-5-13-28-19/h8-11,16,19-22,28,32H,3-7,12-15,27H2,1-2H3,(H,29,33)(H,30,34)(H,31,35)(H,36,37). The Morgan fingerprint density at radius 1 is 1.00 bits per heavy atom. The molecule has 37 heavy (non-hydrogen) atoms. The molecule has 1 aromatic rings. The summed E-state index contributed by atoms with van der Waals surface area (Å²) >= 11 is 0. The summed E-state index contributed by atoms with van der Waals surface area (Å²) in [6.07, 6.45) is 3.56. The van der Waals surface area contributed by atoms with Gasteiger partial charge in [-0.1, -0.05) is 26.0 Å². The predicted molar refractivity (Wildman–Crippen MR) is 139 cm³/mol. The summed E-state index contributed by atoms with van der Waals surface area (Å²) in [6, 6.07) is 2.66. The van der Waals surface area contributed by atoms with E-state index < -0.39 is 35.9 Å². The molecule has 1 aliphatic rings. The van der Waals surface area contributed by atoms with E-state index in [0.29, 0.717) is 37.8 Å². The molecule has 0 spiro atoms. The van der Waals surface area contributed by atoms with E-state index in [1.165, 1.54) is 12.1 Å². The lowest BCUT2D eigenvalue weighted by Crippen LogP contribution is -2.57. The molecule has 1 saturated heterocycles. The summed E-state index contributed by atoms with van der Waals surface area (Å²) in [4.78, 5) is 50.9. The number of carboxylic acid groups (broad SMARTS) is 1. The number of phenolic OH excluding ortho intramolecular Hbond substituents is 1. The number of phenols is 1. The molecule has 8 N–H and O–H groups in total. The van der Waals surface area contributed by atoms with Crippen molar-refractivity contribution in [2.75, 3.05) is 13.1 Å². The van der Waals surface area contributed by atoms with Crippen LogP contribution in [0.25, 0.3) is 0 Å². The van der Waals surface area contributed by atoms with Gasteiger partial charge in [-0.3, -0.25) is 14.4 Å². The van der Waals surface area contributed by atoms with E-state index in [2.05, 4.69) is 21.3 Å². The topological polar surface area (TPSA) is 183 Å². The van der Waals surface area contributed by atoms with Gasteiger partial charge in [0, 0.05) is 6.42 Å². The molecule has 1 aliphatic heterocycles. The molecule has 4 unspecified atom stereocenters. The molecule has 1 heterocycles. The molecule has 11 heteroatoms. The van der Waals surface area contributed by atoms with Gasteiger partial charge in [-0.15, -0.1) is 0 Å². The van der Waals surface area contributed by atoms with Crippen molar-refractivity contribution in [3.63, 3.8) is 0 Å². The zero-order valence-corrected chi connectivity index (χ0v) is 21.7. The molecule has 2 rings (SSSR count). The number of unbranched alkanes of at least 4 members (excludes halogenated alkanes) is 1. The van der Waals surface area contributed by atoms with Crippen LogP contribution in [-0.2, 0) is 25.6 Å². The minimum atomic E-state index is -1.22. The van der Waals surface area contributed by atoms with Gasteiger partial charge in [-0.05, 0) is 75.2 Å². The second kappa shape index (κ2) is 15.2. The quantitative estimate of drug-likeness (QED) is 0.162. The van der Waals surface area contributed by atoms with Crippen molar-refractivity contribution in [3.05, 3.63) is 29.8 Å². The highest BCUT2D eigenvalue weighted by Gasteiger charge is 2.31. The first-order valence-corrected chi connectivity index (χ1v) is 13.0. The Kier molecular flexibility index (Phi) is 12.3. The van der Waals surface area contributed by atoms with Crippen LogP contribution in [-0.4, -0.2) is 71.2 Å². The normalized spacial score (nSPS) is 17.6. The first-order valence-electron chi connectivity index (χ1n) is 13.0. The Morgan fingerprint density at radius 3 is 2.22 bits per heavy atom. The number of amides is 3. The maximum atomic E-state index is 13.2. The Balaban J connectivity index is 2.11. The Morgan fingerprint density at radius 2 is 1.65 bits per heavy atom. The van der Waals surface area contributed by atoms with Crippen molar-refractivity contribution in [2.24, 2.45) is 11.7 Å². The number of nitrogens with two attached hydrogens (primary N) is 1. The lowest BCUT2D eigenvalue weighted by molar-refractivity contribution is -0.142. The van der Waals surface area contributed by atoms with Crippen molar-refractivity contribution in [1.29, 1.82) is 0 Å². The van der Waals surface area contributed by atoms with Crippen molar-refractivity contribution >= 4 is 23.7 Å². The number of nitrogens with one attached hydrogen (secondary N) is 4. The van der Waals surface area contributed by atoms with Crippen molar-refractivity contribution < 1.29 is 29.4 Å². The molecule has 3 amide bonds.